The first-order valence-electron chi connectivity index (χ1n) is 6.66. The van der Waals surface area contributed by atoms with Crippen molar-refractivity contribution in [2.45, 2.75) is 6.92 Å². The fourth-order valence-electron chi connectivity index (χ4n) is 1.77. The van der Waals surface area contributed by atoms with Gasteiger partial charge in [0.25, 0.3) is 5.69 Å². The number of esters is 1. The summed E-state index contributed by atoms with van der Waals surface area (Å²) < 4.78 is 4.89. The third-order valence-corrected chi connectivity index (χ3v) is 2.82. The van der Waals surface area contributed by atoms with Crippen LogP contribution >= 0.6 is 0 Å². The molecule has 112 valence electrons. The fourth-order valence-corrected chi connectivity index (χ4v) is 1.77. The van der Waals surface area contributed by atoms with E-state index in [0.29, 0.717) is 23.4 Å². The molecular formula is C16H14N2O4. The Hall–Kier alpha value is -3.02. The molecule has 0 saturated heterocycles. The highest BCUT2D eigenvalue weighted by Gasteiger charge is 2.06. The molecule has 0 aliphatic rings. The van der Waals surface area contributed by atoms with Crippen molar-refractivity contribution in [1.29, 1.82) is 0 Å². The van der Waals surface area contributed by atoms with E-state index in [1.165, 1.54) is 18.3 Å². The summed E-state index contributed by atoms with van der Waals surface area (Å²) >= 11 is 0. The van der Waals surface area contributed by atoms with Gasteiger partial charge in [0, 0.05) is 18.3 Å². The van der Waals surface area contributed by atoms with E-state index in [1.807, 2.05) is 0 Å². The molecule has 0 amide bonds. The van der Waals surface area contributed by atoms with Crippen molar-refractivity contribution >= 4 is 23.6 Å². The first-order chi connectivity index (χ1) is 10.6. The molecule has 2 rings (SSSR count). The Morgan fingerprint density at radius 1 is 1.27 bits per heavy atom. The summed E-state index contributed by atoms with van der Waals surface area (Å²) in [5, 5.41) is 10.7. The Morgan fingerprint density at radius 3 is 2.64 bits per heavy atom. The summed E-state index contributed by atoms with van der Waals surface area (Å²) in [7, 11) is 0. The molecular weight excluding hydrogens is 284 g/mol. The van der Waals surface area contributed by atoms with Gasteiger partial charge in [-0.3, -0.25) is 15.1 Å². The van der Waals surface area contributed by atoms with E-state index in [-0.39, 0.29) is 11.7 Å². The van der Waals surface area contributed by atoms with Gasteiger partial charge < -0.3 is 4.74 Å². The summed E-state index contributed by atoms with van der Waals surface area (Å²) in [6, 6.07) is 12.8. The van der Waals surface area contributed by atoms with Crippen LogP contribution < -0.4 is 0 Å². The summed E-state index contributed by atoms with van der Waals surface area (Å²) in [6.45, 7) is 2.07. The molecule has 6 heteroatoms. The average molecular weight is 298 g/mol. The second-order valence-corrected chi connectivity index (χ2v) is 4.38. The number of aliphatic imine (C=N–C) groups is 1. The van der Waals surface area contributed by atoms with Gasteiger partial charge in [-0.2, -0.15) is 0 Å². The maximum Gasteiger partial charge on any atom is 0.338 e. The number of nitro groups is 1. The predicted molar refractivity (Wildman–Crippen MR) is 82.7 cm³/mol. The molecule has 0 spiro atoms. The van der Waals surface area contributed by atoms with Gasteiger partial charge in [-0.1, -0.05) is 12.1 Å². The predicted octanol–water partition coefficient (Wildman–Crippen LogP) is 3.52. The number of carbonyl (C=O) groups is 1. The molecule has 0 heterocycles. The SMILES string of the molecule is CCOC(=O)c1ccc(/N=C/c2cccc([N+](=O)[O-])c2)cc1. The van der Waals surface area contributed by atoms with E-state index in [0.717, 1.165) is 0 Å². The van der Waals surface area contributed by atoms with Crippen LogP contribution in [0.25, 0.3) is 0 Å². The molecule has 0 bridgehead atoms. The van der Waals surface area contributed by atoms with Crippen molar-refractivity contribution < 1.29 is 14.5 Å². The summed E-state index contributed by atoms with van der Waals surface area (Å²) in [4.78, 5) is 26.0. The topological polar surface area (TPSA) is 81.8 Å². The zero-order valence-electron chi connectivity index (χ0n) is 11.9. The second kappa shape index (κ2) is 7.12. The number of rotatable bonds is 5. The number of hydrogen-bond donors (Lipinski definition) is 0. The number of benzene rings is 2. The second-order valence-electron chi connectivity index (χ2n) is 4.38. The van der Waals surface area contributed by atoms with E-state index in [9.17, 15) is 14.9 Å². The number of carbonyl (C=O) groups excluding carboxylic acids is 1. The van der Waals surface area contributed by atoms with Gasteiger partial charge in [-0.05, 0) is 36.8 Å². The quantitative estimate of drug-likeness (QED) is 0.366. The van der Waals surface area contributed by atoms with Crippen molar-refractivity contribution in [1.82, 2.24) is 0 Å². The molecule has 2 aromatic carbocycles. The smallest absolute Gasteiger partial charge is 0.338 e. The van der Waals surface area contributed by atoms with Crippen LogP contribution in [0.5, 0.6) is 0 Å². The third-order valence-electron chi connectivity index (χ3n) is 2.82. The van der Waals surface area contributed by atoms with Gasteiger partial charge >= 0.3 is 5.97 Å². The van der Waals surface area contributed by atoms with E-state index >= 15 is 0 Å². The summed E-state index contributed by atoms with van der Waals surface area (Å²) in [5.74, 6) is -0.378. The Labute approximate surface area is 127 Å². The van der Waals surface area contributed by atoms with Crippen molar-refractivity contribution in [3.05, 3.63) is 69.8 Å². The number of nitrogens with zero attached hydrogens (tertiary/aromatic N) is 2. The third kappa shape index (κ3) is 3.99. The van der Waals surface area contributed by atoms with Gasteiger partial charge in [0.1, 0.15) is 0 Å². The molecule has 6 nitrogen and oxygen atoms in total. The highest BCUT2D eigenvalue weighted by Crippen LogP contribution is 2.16. The Kier molecular flexibility index (Phi) is 4.98. The Bertz CT molecular complexity index is 708. The van der Waals surface area contributed by atoms with E-state index in [2.05, 4.69) is 4.99 Å². The number of nitro benzene ring substituents is 1. The maximum atomic E-state index is 11.5. The van der Waals surface area contributed by atoms with Crippen LogP contribution in [0.4, 0.5) is 11.4 Å². The van der Waals surface area contributed by atoms with Crippen LogP contribution in [0.2, 0.25) is 0 Å². The first kappa shape index (κ1) is 15.4. The Morgan fingerprint density at radius 2 is 2.00 bits per heavy atom. The van der Waals surface area contributed by atoms with Crippen molar-refractivity contribution in [2.24, 2.45) is 4.99 Å². The standard InChI is InChI=1S/C16H14N2O4/c1-2-22-16(19)13-6-8-14(9-7-13)17-11-12-4-3-5-15(10-12)18(20)21/h3-11H,2H2,1H3/b17-11+. The Balaban J connectivity index is 2.12. The lowest BCUT2D eigenvalue weighted by Gasteiger charge is -2.01. The maximum absolute atomic E-state index is 11.5. The number of non-ortho nitro benzene ring substituents is 1. The minimum atomic E-state index is -0.453. The highest BCUT2D eigenvalue weighted by atomic mass is 16.6. The van der Waals surface area contributed by atoms with Gasteiger partial charge in [0.2, 0.25) is 0 Å². The molecule has 22 heavy (non-hydrogen) atoms. The van der Waals surface area contributed by atoms with E-state index in [1.54, 1.807) is 43.3 Å². The molecule has 0 aliphatic carbocycles. The normalized spacial score (nSPS) is 10.6. The zero-order chi connectivity index (χ0) is 15.9. The molecule has 0 N–H and O–H groups in total. The minimum Gasteiger partial charge on any atom is -0.462 e. The fraction of sp³-hybridized carbons (Fsp3) is 0.125. The molecule has 0 aromatic heterocycles. The lowest BCUT2D eigenvalue weighted by Crippen LogP contribution is -2.03. The summed E-state index contributed by atoms with van der Waals surface area (Å²) in [5.41, 5.74) is 1.74. The number of hydrogen-bond acceptors (Lipinski definition) is 5. The van der Waals surface area contributed by atoms with Gasteiger partial charge in [0.15, 0.2) is 0 Å². The molecule has 0 atom stereocenters. The molecule has 2 aromatic rings. The van der Waals surface area contributed by atoms with Crippen LogP contribution in [0.3, 0.4) is 0 Å². The van der Waals surface area contributed by atoms with E-state index < -0.39 is 4.92 Å². The van der Waals surface area contributed by atoms with Crippen LogP contribution in [0.1, 0.15) is 22.8 Å². The minimum absolute atomic E-state index is 0.0154. The lowest BCUT2D eigenvalue weighted by atomic mass is 10.2. The van der Waals surface area contributed by atoms with Crippen molar-refractivity contribution in [3.63, 3.8) is 0 Å². The van der Waals surface area contributed by atoms with Crippen molar-refractivity contribution in [2.75, 3.05) is 6.61 Å². The zero-order valence-corrected chi connectivity index (χ0v) is 11.9. The van der Waals surface area contributed by atoms with Gasteiger partial charge in [-0.15, -0.1) is 0 Å². The van der Waals surface area contributed by atoms with E-state index in [4.69, 9.17) is 4.74 Å². The van der Waals surface area contributed by atoms with Crippen LogP contribution in [-0.2, 0) is 4.74 Å². The molecule has 0 saturated carbocycles. The van der Waals surface area contributed by atoms with Crippen LogP contribution in [0.15, 0.2) is 53.5 Å². The highest BCUT2D eigenvalue weighted by molar-refractivity contribution is 5.90. The molecule has 0 aliphatic heterocycles. The van der Waals surface area contributed by atoms with Crippen molar-refractivity contribution in [3.8, 4) is 0 Å². The van der Waals surface area contributed by atoms with Crippen LogP contribution in [0, 0.1) is 10.1 Å². The molecule has 0 radical (unpaired) electrons. The summed E-state index contributed by atoms with van der Waals surface area (Å²) in [6.07, 6.45) is 1.53. The molecule has 0 unspecified atom stereocenters. The van der Waals surface area contributed by atoms with Crippen LogP contribution in [-0.4, -0.2) is 23.7 Å². The average Bonchev–Trinajstić information content (AvgIpc) is 2.54. The molecule has 0 fully saturated rings. The van der Waals surface area contributed by atoms with Gasteiger partial charge in [0.05, 0.1) is 22.8 Å². The van der Waals surface area contributed by atoms with Gasteiger partial charge in [-0.25, -0.2) is 4.79 Å². The largest absolute Gasteiger partial charge is 0.462 e. The lowest BCUT2D eigenvalue weighted by molar-refractivity contribution is -0.384. The first-order valence-corrected chi connectivity index (χ1v) is 6.66. The number of ether oxygens (including phenoxy) is 1. The monoisotopic (exact) mass is 298 g/mol.